The molecule has 2 aliphatic rings. The van der Waals surface area contributed by atoms with Gasteiger partial charge in [-0.05, 0) is 37.0 Å². The van der Waals surface area contributed by atoms with E-state index in [4.69, 9.17) is 5.73 Å². The van der Waals surface area contributed by atoms with Gasteiger partial charge in [-0.3, -0.25) is 0 Å². The molecular formula is C20H39N. The Morgan fingerprint density at radius 2 is 1.24 bits per heavy atom. The number of unbranched alkanes of at least 4 members (excludes halogenated alkanes) is 9. The van der Waals surface area contributed by atoms with Gasteiger partial charge < -0.3 is 5.73 Å². The van der Waals surface area contributed by atoms with Crippen LogP contribution in [0, 0.1) is 17.8 Å². The van der Waals surface area contributed by atoms with Crippen LogP contribution in [0.4, 0.5) is 0 Å². The van der Waals surface area contributed by atoms with Crippen LogP contribution in [0.3, 0.4) is 0 Å². The summed E-state index contributed by atoms with van der Waals surface area (Å²) in [4.78, 5) is 0. The smallest absolute Gasteiger partial charge is 0.00726 e. The second-order valence-electron chi connectivity index (χ2n) is 7.82. The molecule has 0 spiro atoms. The predicted molar refractivity (Wildman–Crippen MR) is 93.4 cm³/mol. The van der Waals surface area contributed by atoms with E-state index in [0.717, 1.165) is 17.8 Å². The first-order valence-electron chi connectivity index (χ1n) is 10.1. The van der Waals surface area contributed by atoms with Gasteiger partial charge in [0.2, 0.25) is 0 Å². The summed E-state index contributed by atoms with van der Waals surface area (Å²) in [5.41, 5.74) is 6.45. The Hall–Kier alpha value is -0.0400. The molecule has 0 radical (unpaired) electrons. The van der Waals surface area contributed by atoms with Crippen molar-refractivity contribution >= 4 is 0 Å². The Morgan fingerprint density at radius 1 is 0.762 bits per heavy atom. The van der Waals surface area contributed by atoms with Gasteiger partial charge in [-0.1, -0.05) is 84.0 Å². The van der Waals surface area contributed by atoms with Gasteiger partial charge in [-0.2, -0.15) is 0 Å². The van der Waals surface area contributed by atoms with E-state index in [0.29, 0.717) is 6.04 Å². The lowest BCUT2D eigenvalue weighted by Crippen LogP contribution is -2.23. The molecule has 2 aliphatic carbocycles. The van der Waals surface area contributed by atoms with Gasteiger partial charge in [-0.15, -0.1) is 0 Å². The fraction of sp³-hybridized carbons (Fsp3) is 1.00. The fourth-order valence-corrected chi connectivity index (χ4v) is 4.74. The van der Waals surface area contributed by atoms with Crippen molar-refractivity contribution in [3.8, 4) is 0 Å². The van der Waals surface area contributed by atoms with E-state index in [2.05, 4.69) is 6.92 Å². The summed E-state index contributed by atoms with van der Waals surface area (Å²) >= 11 is 0. The number of hydrogen-bond acceptors (Lipinski definition) is 1. The Balaban J connectivity index is 1.37. The summed E-state index contributed by atoms with van der Waals surface area (Å²) in [6.45, 7) is 2.29. The molecule has 2 fully saturated rings. The fourth-order valence-electron chi connectivity index (χ4n) is 4.74. The minimum absolute atomic E-state index is 0.534. The number of rotatable bonds is 12. The third-order valence-corrected chi connectivity index (χ3v) is 6.11. The van der Waals surface area contributed by atoms with Gasteiger partial charge >= 0.3 is 0 Å². The molecule has 0 aliphatic heterocycles. The highest BCUT2D eigenvalue weighted by Gasteiger charge is 2.52. The highest BCUT2D eigenvalue weighted by atomic mass is 14.7. The van der Waals surface area contributed by atoms with Crippen LogP contribution in [0.1, 0.15) is 103 Å². The first kappa shape index (κ1) is 17.3. The van der Waals surface area contributed by atoms with Crippen LogP contribution in [-0.2, 0) is 0 Å². The second kappa shape index (κ2) is 9.87. The first-order chi connectivity index (χ1) is 10.3. The van der Waals surface area contributed by atoms with E-state index in [-0.39, 0.29) is 0 Å². The Labute approximate surface area is 133 Å². The van der Waals surface area contributed by atoms with E-state index in [9.17, 15) is 0 Å². The zero-order valence-corrected chi connectivity index (χ0v) is 14.5. The molecular weight excluding hydrogens is 254 g/mol. The molecule has 1 heteroatoms. The monoisotopic (exact) mass is 293 g/mol. The average Bonchev–Trinajstić information content (AvgIpc) is 3.23. The Kier molecular flexibility index (Phi) is 8.14. The maximum absolute atomic E-state index is 6.45. The van der Waals surface area contributed by atoms with Gasteiger partial charge in [0.25, 0.3) is 0 Å². The van der Waals surface area contributed by atoms with Crippen molar-refractivity contribution in [1.82, 2.24) is 0 Å². The minimum atomic E-state index is 0.534. The summed E-state index contributed by atoms with van der Waals surface area (Å²) in [5.74, 6) is 3.00. The quantitative estimate of drug-likeness (QED) is 0.435. The normalized spacial score (nSPS) is 29.1. The third kappa shape index (κ3) is 5.93. The summed E-state index contributed by atoms with van der Waals surface area (Å²) in [7, 11) is 0. The molecule has 0 aromatic carbocycles. The SMILES string of the molecule is CCCCCCCCCCCCC(N)C1C2CCCCC21. The van der Waals surface area contributed by atoms with Crippen LogP contribution >= 0.6 is 0 Å². The lowest BCUT2D eigenvalue weighted by molar-refractivity contribution is 0.467. The van der Waals surface area contributed by atoms with Crippen LogP contribution in [0.25, 0.3) is 0 Å². The number of hydrogen-bond donors (Lipinski definition) is 1. The molecule has 124 valence electrons. The van der Waals surface area contributed by atoms with Crippen molar-refractivity contribution < 1.29 is 0 Å². The number of fused-ring (bicyclic) bond motifs is 1. The van der Waals surface area contributed by atoms with E-state index in [1.807, 2.05) is 0 Å². The molecule has 0 aromatic heterocycles. The minimum Gasteiger partial charge on any atom is -0.327 e. The third-order valence-electron chi connectivity index (χ3n) is 6.11. The maximum Gasteiger partial charge on any atom is 0.00726 e. The molecule has 3 unspecified atom stereocenters. The topological polar surface area (TPSA) is 26.0 Å². The lowest BCUT2D eigenvalue weighted by Gasteiger charge is -2.11. The van der Waals surface area contributed by atoms with Crippen molar-refractivity contribution in [3.05, 3.63) is 0 Å². The molecule has 0 bridgehead atoms. The zero-order valence-electron chi connectivity index (χ0n) is 14.5. The summed E-state index contributed by atoms with van der Waals surface area (Å²) in [6, 6.07) is 0.534. The zero-order chi connectivity index (χ0) is 14.9. The van der Waals surface area contributed by atoms with Crippen molar-refractivity contribution in [1.29, 1.82) is 0 Å². The van der Waals surface area contributed by atoms with Gasteiger partial charge in [0.15, 0.2) is 0 Å². The molecule has 21 heavy (non-hydrogen) atoms. The molecule has 0 saturated heterocycles. The van der Waals surface area contributed by atoms with E-state index in [1.54, 1.807) is 0 Å². The van der Waals surface area contributed by atoms with Crippen molar-refractivity contribution in [2.24, 2.45) is 23.5 Å². The molecule has 0 aromatic rings. The molecule has 0 heterocycles. The van der Waals surface area contributed by atoms with Gasteiger partial charge in [0.05, 0.1) is 0 Å². The van der Waals surface area contributed by atoms with Crippen LogP contribution in [-0.4, -0.2) is 6.04 Å². The summed E-state index contributed by atoms with van der Waals surface area (Å²) in [6.07, 6.45) is 21.6. The van der Waals surface area contributed by atoms with E-state index in [1.165, 1.54) is 96.3 Å². The summed E-state index contributed by atoms with van der Waals surface area (Å²) in [5, 5.41) is 0. The lowest BCUT2D eigenvalue weighted by atomic mass is 10.0. The van der Waals surface area contributed by atoms with E-state index < -0.39 is 0 Å². The Bertz CT molecular complexity index is 251. The molecule has 2 N–H and O–H groups in total. The van der Waals surface area contributed by atoms with E-state index >= 15 is 0 Å². The largest absolute Gasteiger partial charge is 0.327 e. The predicted octanol–water partition coefficient (Wildman–Crippen LogP) is 6.06. The van der Waals surface area contributed by atoms with Crippen LogP contribution in [0.5, 0.6) is 0 Å². The highest BCUT2D eigenvalue weighted by molar-refractivity contribution is 5.03. The van der Waals surface area contributed by atoms with Gasteiger partial charge in [0.1, 0.15) is 0 Å². The average molecular weight is 294 g/mol. The van der Waals surface area contributed by atoms with Crippen molar-refractivity contribution in [2.45, 2.75) is 109 Å². The van der Waals surface area contributed by atoms with Gasteiger partial charge in [0, 0.05) is 6.04 Å². The first-order valence-corrected chi connectivity index (χ1v) is 10.1. The van der Waals surface area contributed by atoms with Crippen LogP contribution < -0.4 is 5.73 Å². The Morgan fingerprint density at radius 3 is 1.76 bits per heavy atom. The highest BCUT2D eigenvalue weighted by Crippen LogP contribution is 2.57. The molecule has 2 saturated carbocycles. The second-order valence-corrected chi connectivity index (χ2v) is 7.82. The molecule has 0 amide bonds. The molecule has 1 nitrogen and oxygen atoms in total. The number of nitrogens with two attached hydrogens (primary N) is 1. The summed E-state index contributed by atoms with van der Waals surface area (Å²) < 4.78 is 0. The van der Waals surface area contributed by atoms with Crippen molar-refractivity contribution in [3.63, 3.8) is 0 Å². The van der Waals surface area contributed by atoms with Crippen LogP contribution in [0.2, 0.25) is 0 Å². The molecule has 2 rings (SSSR count). The maximum atomic E-state index is 6.45. The molecule has 3 atom stereocenters. The van der Waals surface area contributed by atoms with Crippen molar-refractivity contribution in [2.75, 3.05) is 0 Å². The van der Waals surface area contributed by atoms with Gasteiger partial charge in [-0.25, -0.2) is 0 Å². The van der Waals surface area contributed by atoms with Crippen LogP contribution in [0.15, 0.2) is 0 Å². The standard InChI is InChI=1S/C20H39N/c1-2-3-4-5-6-7-8-9-10-11-16-19(21)20-17-14-12-13-15-18(17)20/h17-20H,2-16,21H2,1H3.